The number of benzene rings is 2. The molecule has 0 saturated heterocycles. The molecule has 1 heterocycles. The van der Waals surface area contributed by atoms with Crippen molar-refractivity contribution < 1.29 is 4.39 Å². The van der Waals surface area contributed by atoms with Gasteiger partial charge in [-0.25, -0.2) is 4.39 Å². The Balaban J connectivity index is 2.15. The van der Waals surface area contributed by atoms with E-state index in [1.54, 1.807) is 18.3 Å². The monoisotopic (exact) mass is 274 g/mol. The molecule has 0 radical (unpaired) electrons. The van der Waals surface area contributed by atoms with Crippen LogP contribution in [0.4, 0.5) is 4.39 Å². The molecular weight excluding hydrogens is 263 g/mol. The van der Waals surface area contributed by atoms with E-state index in [0.29, 0.717) is 5.56 Å². The molecule has 2 nitrogen and oxygen atoms in total. The summed E-state index contributed by atoms with van der Waals surface area (Å²) in [7, 11) is 0. The highest BCUT2D eigenvalue weighted by Gasteiger charge is 2.08. The maximum atomic E-state index is 13.1. The molecule has 0 aliphatic carbocycles. The molecule has 0 N–H and O–H groups in total. The Labute approximate surface area is 122 Å². The van der Waals surface area contributed by atoms with Crippen LogP contribution < -0.4 is 0 Å². The van der Waals surface area contributed by atoms with Gasteiger partial charge in [-0.3, -0.25) is 4.98 Å². The molecule has 0 bridgehead atoms. The Morgan fingerprint density at radius 1 is 0.905 bits per heavy atom. The van der Waals surface area contributed by atoms with Gasteiger partial charge in [0, 0.05) is 17.3 Å². The SMILES string of the molecule is N#Cc1cnc(-c2ccccc2)cc1-c1ccc(F)cc1. The first-order chi connectivity index (χ1) is 10.3. The minimum absolute atomic E-state index is 0.297. The Morgan fingerprint density at radius 3 is 2.29 bits per heavy atom. The van der Waals surface area contributed by atoms with Gasteiger partial charge in [-0.05, 0) is 23.8 Å². The number of halogens is 1. The van der Waals surface area contributed by atoms with Crippen molar-refractivity contribution in [3.05, 3.63) is 78.2 Å². The first kappa shape index (κ1) is 13.0. The number of hydrogen-bond acceptors (Lipinski definition) is 2. The Kier molecular flexibility index (Phi) is 3.44. The Hall–Kier alpha value is -2.99. The van der Waals surface area contributed by atoms with Crippen molar-refractivity contribution in [1.29, 1.82) is 5.26 Å². The van der Waals surface area contributed by atoms with E-state index < -0.39 is 0 Å². The molecular formula is C18H11FN2. The van der Waals surface area contributed by atoms with Gasteiger partial charge in [-0.2, -0.15) is 5.26 Å². The number of hydrogen-bond donors (Lipinski definition) is 0. The fourth-order valence-corrected chi connectivity index (χ4v) is 2.18. The molecule has 0 amide bonds. The van der Waals surface area contributed by atoms with Crippen LogP contribution in [0.1, 0.15) is 5.56 Å². The Morgan fingerprint density at radius 2 is 1.62 bits per heavy atom. The molecule has 3 rings (SSSR count). The van der Waals surface area contributed by atoms with Crippen LogP contribution in [0.3, 0.4) is 0 Å². The zero-order valence-corrected chi connectivity index (χ0v) is 11.1. The summed E-state index contributed by atoms with van der Waals surface area (Å²) in [5.74, 6) is -0.297. The fourth-order valence-electron chi connectivity index (χ4n) is 2.18. The summed E-state index contributed by atoms with van der Waals surface area (Å²) >= 11 is 0. The second-order valence-electron chi connectivity index (χ2n) is 4.60. The van der Waals surface area contributed by atoms with Crippen molar-refractivity contribution in [3.63, 3.8) is 0 Å². The summed E-state index contributed by atoms with van der Waals surface area (Å²) in [6.45, 7) is 0. The maximum Gasteiger partial charge on any atom is 0.123 e. The van der Waals surface area contributed by atoms with Gasteiger partial charge in [0.25, 0.3) is 0 Å². The first-order valence-electron chi connectivity index (χ1n) is 6.49. The molecule has 0 unspecified atom stereocenters. The average Bonchev–Trinajstić information content (AvgIpc) is 2.56. The van der Waals surface area contributed by atoms with Gasteiger partial charge in [0.05, 0.1) is 11.3 Å². The van der Waals surface area contributed by atoms with Crippen molar-refractivity contribution in [2.45, 2.75) is 0 Å². The van der Waals surface area contributed by atoms with Crippen molar-refractivity contribution in [2.24, 2.45) is 0 Å². The minimum atomic E-state index is -0.297. The van der Waals surface area contributed by atoms with E-state index in [2.05, 4.69) is 11.1 Å². The van der Waals surface area contributed by atoms with Gasteiger partial charge < -0.3 is 0 Å². The fraction of sp³-hybridized carbons (Fsp3) is 0. The normalized spacial score (nSPS) is 10.1. The van der Waals surface area contributed by atoms with E-state index in [0.717, 1.165) is 22.4 Å². The van der Waals surface area contributed by atoms with Gasteiger partial charge in [-0.15, -0.1) is 0 Å². The maximum absolute atomic E-state index is 13.1. The molecule has 0 aliphatic rings. The molecule has 3 heteroatoms. The lowest BCUT2D eigenvalue weighted by Crippen LogP contribution is -1.90. The predicted octanol–water partition coefficient (Wildman–Crippen LogP) is 4.43. The second-order valence-corrected chi connectivity index (χ2v) is 4.60. The summed E-state index contributed by atoms with van der Waals surface area (Å²) in [6.07, 6.45) is 1.56. The molecule has 3 aromatic rings. The summed E-state index contributed by atoms with van der Waals surface area (Å²) < 4.78 is 13.1. The second kappa shape index (κ2) is 5.56. The lowest BCUT2D eigenvalue weighted by Gasteiger charge is -2.07. The average molecular weight is 274 g/mol. The number of nitriles is 1. The molecule has 100 valence electrons. The number of aromatic nitrogens is 1. The molecule has 2 aromatic carbocycles. The van der Waals surface area contributed by atoms with Crippen LogP contribution in [-0.2, 0) is 0 Å². The van der Waals surface area contributed by atoms with E-state index in [9.17, 15) is 9.65 Å². The molecule has 0 fully saturated rings. The van der Waals surface area contributed by atoms with E-state index in [1.807, 2.05) is 36.4 Å². The third kappa shape index (κ3) is 2.65. The lowest BCUT2D eigenvalue weighted by molar-refractivity contribution is 0.628. The van der Waals surface area contributed by atoms with Crippen LogP contribution in [0.25, 0.3) is 22.4 Å². The van der Waals surface area contributed by atoms with E-state index in [-0.39, 0.29) is 5.82 Å². The largest absolute Gasteiger partial charge is 0.255 e. The van der Waals surface area contributed by atoms with Gasteiger partial charge >= 0.3 is 0 Å². The van der Waals surface area contributed by atoms with Crippen LogP contribution in [-0.4, -0.2) is 4.98 Å². The topological polar surface area (TPSA) is 36.7 Å². The van der Waals surface area contributed by atoms with Crippen LogP contribution in [0.5, 0.6) is 0 Å². The summed E-state index contributed by atoms with van der Waals surface area (Å²) in [5, 5.41) is 9.23. The molecule has 21 heavy (non-hydrogen) atoms. The lowest BCUT2D eigenvalue weighted by atomic mass is 9.99. The third-order valence-electron chi connectivity index (χ3n) is 3.25. The van der Waals surface area contributed by atoms with Gasteiger partial charge in [0.15, 0.2) is 0 Å². The zero-order chi connectivity index (χ0) is 14.7. The standard InChI is InChI=1S/C18H11FN2/c19-16-8-6-13(7-9-16)17-10-18(21-12-15(17)11-20)14-4-2-1-3-5-14/h1-10,12H. The van der Waals surface area contributed by atoms with Crippen LogP contribution in [0.15, 0.2) is 66.9 Å². The molecule has 0 saturated carbocycles. The zero-order valence-electron chi connectivity index (χ0n) is 11.1. The van der Waals surface area contributed by atoms with Crippen LogP contribution in [0, 0.1) is 17.1 Å². The minimum Gasteiger partial charge on any atom is -0.255 e. The molecule has 0 atom stereocenters. The van der Waals surface area contributed by atoms with Crippen molar-refractivity contribution in [2.75, 3.05) is 0 Å². The highest BCUT2D eigenvalue weighted by molar-refractivity contribution is 5.75. The van der Waals surface area contributed by atoms with Gasteiger partial charge in [-0.1, -0.05) is 42.5 Å². The van der Waals surface area contributed by atoms with E-state index in [4.69, 9.17) is 0 Å². The number of nitrogens with zero attached hydrogens (tertiary/aromatic N) is 2. The highest BCUT2D eigenvalue weighted by atomic mass is 19.1. The molecule has 0 aliphatic heterocycles. The summed E-state index contributed by atoms with van der Waals surface area (Å²) in [5.41, 5.74) is 3.79. The van der Waals surface area contributed by atoms with Crippen molar-refractivity contribution >= 4 is 0 Å². The van der Waals surface area contributed by atoms with Crippen molar-refractivity contribution in [3.8, 4) is 28.5 Å². The van der Waals surface area contributed by atoms with Crippen molar-refractivity contribution in [1.82, 2.24) is 4.98 Å². The molecule has 1 aromatic heterocycles. The van der Waals surface area contributed by atoms with Gasteiger partial charge in [0.1, 0.15) is 11.9 Å². The summed E-state index contributed by atoms with van der Waals surface area (Å²) in [6, 6.07) is 19.8. The quantitative estimate of drug-likeness (QED) is 0.693. The Bertz CT molecular complexity index is 803. The van der Waals surface area contributed by atoms with E-state index >= 15 is 0 Å². The highest BCUT2D eigenvalue weighted by Crippen LogP contribution is 2.27. The number of pyridine rings is 1. The number of rotatable bonds is 2. The van der Waals surface area contributed by atoms with Gasteiger partial charge in [0.2, 0.25) is 0 Å². The summed E-state index contributed by atoms with van der Waals surface area (Å²) in [4.78, 5) is 4.33. The van der Waals surface area contributed by atoms with Crippen LogP contribution >= 0.6 is 0 Å². The first-order valence-corrected chi connectivity index (χ1v) is 6.49. The van der Waals surface area contributed by atoms with E-state index in [1.165, 1.54) is 12.1 Å². The predicted molar refractivity (Wildman–Crippen MR) is 79.8 cm³/mol. The third-order valence-corrected chi connectivity index (χ3v) is 3.25. The molecule has 0 spiro atoms. The van der Waals surface area contributed by atoms with Crippen LogP contribution in [0.2, 0.25) is 0 Å². The smallest absolute Gasteiger partial charge is 0.123 e.